The molecule has 7 fully saturated rings. The molecule has 4 unspecified atom stereocenters. The second-order valence-electron chi connectivity index (χ2n) is 18.7. The van der Waals surface area contributed by atoms with Gasteiger partial charge in [0.25, 0.3) is 0 Å². The number of carboxylic acid groups (broad SMARTS) is 1. The molecule has 7 aliphatic rings. The first-order chi connectivity index (χ1) is 21.9. The van der Waals surface area contributed by atoms with Gasteiger partial charge in [0.05, 0.1) is 29.8 Å². The smallest absolute Gasteiger partial charge is 0.410 e. The summed E-state index contributed by atoms with van der Waals surface area (Å²) in [5, 5.41) is 33.0. The molecule has 2 aliphatic heterocycles. The molecule has 1 amide bonds. The number of amides is 1. The number of ether oxygens (including phenoxy) is 3. The van der Waals surface area contributed by atoms with Gasteiger partial charge in [-0.2, -0.15) is 0 Å². The van der Waals surface area contributed by atoms with Crippen LogP contribution in [0.25, 0.3) is 0 Å². The van der Waals surface area contributed by atoms with Gasteiger partial charge in [-0.3, -0.25) is 4.79 Å². The Hall–Kier alpha value is -1.42. The second kappa shape index (κ2) is 10.8. The highest BCUT2D eigenvalue weighted by molar-refractivity contribution is 5.74. The van der Waals surface area contributed by atoms with E-state index in [2.05, 4.69) is 34.6 Å². The average Bonchev–Trinajstić information content (AvgIpc) is 3.28. The van der Waals surface area contributed by atoms with Gasteiger partial charge in [0.15, 0.2) is 0 Å². The minimum absolute atomic E-state index is 0.0460. The van der Waals surface area contributed by atoms with Gasteiger partial charge in [0, 0.05) is 30.5 Å². The number of carbonyl (C=O) groups is 2. The van der Waals surface area contributed by atoms with Gasteiger partial charge >= 0.3 is 12.1 Å². The Kier molecular flexibility index (Phi) is 7.82. The van der Waals surface area contributed by atoms with Crippen LogP contribution in [-0.2, 0) is 19.0 Å². The summed E-state index contributed by atoms with van der Waals surface area (Å²) < 4.78 is 19.3. The highest BCUT2D eigenvalue weighted by Crippen LogP contribution is 2.89. The van der Waals surface area contributed by atoms with Gasteiger partial charge in [0.1, 0.15) is 12.2 Å². The van der Waals surface area contributed by atoms with Crippen LogP contribution in [0, 0.1) is 56.7 Å². The van der Waals surface area contributed by atoms with Crippen molar-refractivity contribution >= 4 is 12.1 Å². The quantitative estimate of drug-likeness (QED) is 0.323. The second-order valence-corrected chi connectivity index (χ2v) is 18.7. The van der Waals surface area contributed by atoms with Gasteiger partial charge in [-0.05, 0) is 118 Å². The molecule has 0 aromatic carbocycles. The van der Waals surface area contributed by atoms with Crippen molar-refractivity contribution in [2.24, 2.45) is 56.7 Å². The molecule has 2 spiro atoms. The fourth-order valence-corrected chi connectivity index (χ4v) is 14.0. The summed E-state index contributed by atoms with van der Waals surface area (Å²) in [5.74, 6) is 0.0934. The van der Waals surface area contributed by atoms with Gasteiger partial charge in [-0.15, -0.1) is 0 Å². The number of carbonyl (C=O) groups excluding carboxylic acids is 1. The maximum Gasteiger partial charge on any atom is 0.410 e. The molecule has 9 heteroatoms. The van der Waals surface area contributed by atoms with Crippen molar-refractivity contribution in [2.75, 3.05) is 19.7 Å². The fourth-order valence-electron chi connectivity index (χ4n) is 14.0. The third kappa shape index (κ3) is 4.46. The number of hydrogen-bond acceptors (Lipinski definition) is 7. The van der Waals surface area contributed by atoms with E-state index in [1.807, 2.05) is 6.92 Å². The summed E-state index contributed by atoms with van der Waals surface area (Å²) in [4.78, 5) is 26.3. The number of aliphatic hydroxyl groups is 2. The summed E-state index contributed by atoms with van der Waals surface area (Å²) >= 11 is 0. The van der Waals surface area contributed by atoms with Crippen LogP contribution in [0.15, 0.2) is 0 Å². The highest BCUT2D eigenvalue weighted by atomic mass is 16.6. The molecule has 47 heavy (non-hydrogen) atoms. The van der Waals surface area contributed by atoms with Crippen molar-refractivity contribution in [3.05, 3.63) is 0 Å². The van der Waals surface area contributed by atoms with Gasteiger partial charge in [0.2, 0.25) is 0 Å². The Balaban J connectivity index is 1.12. The number of likely N-dealkylation sites (tertiary alicyclic amines) is 1. The zero-order valence-electron chi connectivity index (χ0n) is 30.1. The van der Waals surface area contributed by atoms with E-state index in [0.717, 1.165) is 38.5 Å². The van der Waals surface area contributed by atoms with Crippen molar-refractivity contribution in [3.63, 3.8) is 0 Å². The van der Waals surface area contributed by atoms with Crippen LogP contribution in [0.2, 0.25) is 0 Å². The molecule has 0 radical (unpaired) electrons. The summed E-state index contributed by atoms with van der Waals surface area (Å²) in [6.07, 6.45) is 6.66. The summed E-state index contributed by atoms with van der Waals surface area (Å²) in [6, 6.07) is 0. The number of aliphatic carboxylic acids is 1. The van der Waals surface area contributed by atoms with E-state index in [-0.39, 0.29) is 63.9 Å². The number of carboxylic acids is 1. The molecule has 14 atom stereocenters. The summed E-state index contributed by atoms with van der Waals surface area (Å²) in [7, 11) is 0. The minimum Gasteiger partial charge on any atom is -0.481 e. The van der Waals surface area contributed by atoms with E-state index in [9.17, 15) is 24.9 Å². The molecule has 3 N–H and O–H groups in total. The molecule has 266 valence electrons. The van der Waals surface area contributed by atoms with Gasteiger partial charge < -0.3 is 34.4 Å². The van der Waals surface area contributed by atoms with Crippen LogP contribution in [0.4, 0.5) is 4.79 Å². The zero-order valence-corrected chi connectivity index (χ0v) is 30.1. The van der Waals surface area contributed by atoms with E-state index in [1.165, 1.54) is 12.8 Å². The van der Waals surface area contributed by atoms with E-state index < -0.39 is 29.7 Å². The number of aliphatic hydroxyl groups excluding tert-OH is 1. The molecule has 2 heterocycles. The molecule has 0 aromatic heterocycles. The molecule has 9 nitrogen and oxygen atoms in total. The monoisotopic (exact) mass is 659 g/mol. The predicted molar refractivity (Wildman–Crippen MR) is 175 cm³/mol. The van der Waals surface area contributed by atoms with Gasteiger partial charge in [-0.1, -0.05) is 34.6 Å². The molecular formula is C38H61NO8. The van der Waals surface area contributed by atoms with Gasteiger partial charge in [-0.25, -0.2) is 4.79 Å². The molecular weight excluding hydrogens is 598 g/mol. The van der Waals surface area contributed by atoms with E-state index in [1.54, 1.807) is 18.7 Å². The molecule has 0 bridgehead atoms. The highest BCUT2D eigenvalue weighted by Gasteiger charge is 2.84. The summed E-state index contributed by atoms with van der Waals surface area (Å²) in [5.41, 5.74) is -1.16. The summed E-state index contributed by atoms with van der Waals surface area (Å²) in [6.45, 7) is 18.5. The van der Waals surface area contributed by atoms with Crippen molar-refractivity contribution in [2.45, 2.75) is 149 Å². The third-order valence-electron chi connectivity index (χ3n) is 16.2. The number of nitrogens with zero attached hydrogens (tertiary/aromatic N) is 1. The van der Waals surface area contributed by atoms with Crippen molar-refractivity contribution in [3.8, 4) is 0 Å². The number of hydrogen-bond donors (Lipinski definition) is 3. The molecule has 2 saturated heterocycles. The molecule has 5 saturated carbocycles. The topological polar surface area (TPSA) is 126 Å². The SMILES string of the molecule is CCO[C@@H](C1C[C@@H](C)[C@H]2C(O1)[C@H](O)[C@@]1(C)C3CC[C@H]4C(C)(C)C(OC(=O)N5CC[C@@H](C(=O)O)C5)CC[C@@]45C[C@@]35CC[C@]21C)C(C)(C)O. The largest absolute Gasteiger partial charge is 0.481 e. The first-order valence-corrected chi connectivity index (χ1v) is 18.7. The Morgan fingerprint density at radius 3 is 2.34 bits per heavy atom. The number of rotatable bonds is 6. The maximum absolute atomic E-state index is 13.2. The fraction of sp³-hybridized carbons (Fsp3) is 0.947. The lowest BCUT2D eigenvalue weighted by Gasteiger charge is -2.63. The van der Waals surface area contributed by atoms with Crippen molar-refractivity contribution in [1.82, 2.24) is 4.90 Å². The van der Waals surface area contributed by atoms with Crippen LogP contribution in [0.1, 0.15) is 113 Å². The Bertz CT molecular complexity index is 1280. The normalized spacial score (nSPS) is 50.3. The van der Waals surface area contributed by atoms with Crippen molar-refractivity contribution < 1.29 is 39.1 Å². The lowest BCUT2D eigenvalue weighted by molar-refractivity contribution is -0.215. The lowest BCUT2D eigenvalue weighted by atomic mass is 9.41. The standard InChI is InChI=1S/C38H61NO8/c1-9-45-30(34(5,6)44)23-18-21(2)27-28(46-23)29(40)36(8)25-11-10-24-33(3,4)26(47-32(43)39-17-13-22(19-39)31(41)42)12-14-37(24)20-38(25,37)16-15-35(27,36)7/h21-30,40,44H,9-20H2,1-8H3,(H,41,42)/t21-,22-,23?,24+,25?,26?,27+,28?,29+,30+,35-,36-,37-,38+/m1/s1. The minimum atomic E-state index is -1.05. The van der Waals surface area contributed by atoms with Crippen LogP contribution in [0.3, 0.4) is 0 Å². The van der Waals surface area contributed by atoms with E-state index in [0.29, 0.717) is 37.3 Å². The predicted octanol–water partition coefficient (Wildman–Crippen LogP) is 5.89. The Labute approximate surface area is 281 Å². The van der Waals surface area contributed by atoms with E-state index >= 15 is 0 Å². The van der Waals surface area contributed by atoms with E-state index in [4.69, 9.17) is 14.2 Å². The van der Waals surface area contributed by atoms with Crippen molar-refractivity contribution in [1.29, 1.82) is 0 Å². The zero-order chi connectivity index (χ0) is 34.1. The van der Waals surface area contributed by atoms with Crippen LogP contribution in [0.5, 0.6) is 0 Å². The molecule has 5 aliphatic carbocycles. The Morgan fingerprint density at radius 2 is 1.70 bits per heavy atom. The third-order valence-corrected chi connectivity index (χ3v) is 16.2. The Morgan fingerprint density at radius 1 is 1.02 bits per heavy atom. The first-order valence-electron chi connectivity index (χ1n) is 18.7. The first kappa shape index (κ1) is 34.0. The van der Waals surface area contributed by atoms with Crippen LogP contribution < -0.4 is 0 Å². The van der Waals surface area contributed by atoms with Crippen LogP contribution in [-0.4, -0.2) is 88.1 Å². The van der Waals surface area contributed by atoms with Crippen LogP contribution >= 0.6 is 0 Å². The molecule has 7 rings (SSSR count). The number of fused-ring (bicyclic) bond motifs is 4. The average molecular weight is 660 g/mol. The lowest BCUT2D eigenvalue weighted by Crippen LogP contribution is -2.60. The molecule has 0 aromatic rings. The maximum atomic E-state index is 13.2.